The molecule has 0 aromatic rings. The number of hydrogen-bond donors (Lipinski definition) is 0. The zero-order chi connectivity index (χ0) is 12.3. The number of carbonyl (C=O) groups is 3. The predicted molar refractivity (Wildman–Crippen MR) is 52.8 cm³/mol. The fourth-order valence-corrected chi connectivity index (χ4v) is 1.42. The second-order valence-corrected chi connectivity index (χ2v) is 3.72. The van der Waals surface area contributed by atoms with Crippen LogP contribution in [0.2, 0.25) is 0 Å². The van der Waals surface area contributed by atoms with Gasteiger partial charge in [0.2, 0.25) is 0 Å². The van der Waals surface area contributed by atoms with Gasteiger partial charge in [0, 0.05) is 5.57 Å². The molecule has 0 N–H and O–H groups in total. The molecule has 0 saturated heterocycles. The van der Waals surface area contributed by atoms with Crippen LogP contribution >= 0.6 is 11.6 Å². The highest BCUT2D eigenvalue weighted by Gasteiger charge is 2.42. The number of halogens is 3. The molecule has 0 aromatic carbocycles. The smallest absolute Gasteiger partial charge is 0.196 e. The first kappa shape index (κ1) is 12.7. The SMILES string of the molecule is O=C(CF)C1=CC(Cl)(C(=O)CF)C(=O)C=C1. The molecule has 0 radical (unpaired) electrons. The van der Waals surface area contributed by atoms with Crippen LogP contribution in [0, 0.1) is 0 Å². The highest BCUT2D eigenvalue weighted by atomic mass is 35.5. The third kappa shape index (κ3) is 2.09. The number of hydrogen-bond acceptors (Lipinski definition) is 3. The van der Waals surface area contributed by atoms with Gasteiger partial charge >= 0.3 is 0 Å². The van der Waals surface area contributed by atoms with E-state index < -0.39 is 35.6 Å². The fraction of sp³-hybridized carbons (Fsp3) is 0.300. The molecule has 0 aromatic heterocycles. The van der Waals surface area contributed by atoms with Crippen molar-refractivity contribution in [3.8, 4) is 0 Å². The van der Waals surface area contributed by atoms with Crippen LogP contribution in [-0.2, 0) is 14.4 Å². The van der Waals surface area contributed by atoms with Crippen molar-refractivity contribution in [2.24, 2.45) is 0 Å². The van der Waals surface area contributed by atoms with Crippen LogP contribution < -0.4 is 0 Å². The molecule has 86 valence electrons. The van der Waals surface area contributed by atoms with Crippen molar-refractivity contribution in [2.45, 2.75) is 4.87 Å². The van der Waals surface area contributed by atoms with Gasteiger partial charge < -0.3 is 0 Å². The van der Waals surface area contributed by atoms with E-state index in [1.165, 1.54) is 0 Å². The van der Waals surface area contributed by atoms with E-state index in [4.69, 9.17) is 11.6 Å². The van der Waals surface area contributed by atoms with Gasteiger partial charge in [-0.2, -0.15) is 0 Å². The summed E-state index contributed by atoms with van der Waals surface area (Å²) in [7, 11) is 0. The Kier molecular flexibility index (Phi) is 3.70. The Hall–Kier alpha value is -1.36. The van der Waals surface area contributed by atoms with Crippen LogP contribution in [0.5, 0.6) is 0 Å². The highest BCUT2D eigenvalue weighted by molar-refractivity contribution is 6.50. The molecule has 16 heavy (non-hydrogen) atoms. The number of alkyl halides is 3. The monoisotopic (exact) mass is 248 g/mol. The number of allylic oxidation sites excluding steroid dienone is 4. The van der Waals surface area contributed by atoms with E-state index in [-0.39, 0.29) is 5.57 Å². The van der Waals surface area contributed by atoms with E-state index in [0.717, 1.165) is 18.2 Å². The summed E-state index contributed by atoms with van der Waals surface area (Å²) in [6, 6.07) is 0. The van der Waals surface area contributed by atoms with E-state index in [9.17, 15) is 23.2 Å². The maximum Gasteiger partial charge on any atom is 0.196 e. The summed E-state index contributed by atoms with van der Waals surface area (Å²) < 4.78 is 24.3. The summed E-state index contributed by atoms with van der Waals surface area (Å²) in [6.07, 6.45) is 2.71. The Morgan fingerprint density at radius 1 is 1.25 bits per heavy atom. The zero-order valence-corrected chi connectivity index (χ0v) is 8.76. The first-order chi connectivity index (χ1) is 7.45. The second-order valence-electron chi connectivity index (χ2n) is 3.12. The fourth-order valence-electron chi connectivity index (χ4n) is 1.19. The Morgan fingerprint density at radius 3 is 2.38 bits per heavy atom. The number of Topliss-reactive ketones (excluding diaryl/α,β-unsaturated/α-hetero) is 2. The normalized spacial score (nSPS) is 24.2. The molecule has 0 aliphatic heterocycles. The standard InChI is InChI=1S/C10H7ClF2O3/c11-10(9(16)5-13)3-6(7(14)4-12)1-2-8(10)15/h1-3H,4-5H2. The number of ketones is 3. The lowest BCUT2D eigenvalue weighted by molar-refractivity contribution is -0.127. The Labute approximate surface area is 94.8 Å². The molecule has 1 unspecified atom stereocenters. The van der Waals surface area contributed by atoms with Gasteiger partial charge in [-0.1, -0.05) is 11.6 Å². The number of carbonyl (C=O) groups excluding carboxylic acids is 3. The van der Waals surface area contributed by atoms with E-state index >= 15 is 0 Å². The maximum atomic E-state index is 12.2. The van der Waals surface area contributed by atoms with E-state index in [1.807, 2.05) is 0 Å². The lowest BCUT2D eigenvalue weighted by Gasteiger charge is -2.21. The van der Waals surface area contributed by atoms with Crippen molar-refractivity contribution < 1.29 is 23.2 Å². The summed E-state index contributed by atoms with van der Waals surface area (Å²) in [5.41, 5.74) is -0.209. The minimum Gasteiger partial charge on any atom is -0.294 e. The predicted octanol–water partition coefficient (Wildman–Crippen LogP) is 1.11. The number of rotatable bonds is 4. The van der Waals surface area contributed by atoms with Gasteiger partial charge in [0.25, 0.3) is 0 Å². The molecule has 0 saturated carbocycles. The quantitative estimate of drug-likeness (QED) is 0.553. The first-order valence-electron chi connectivity index (χ1n) is 4.28. The molecule has 0 amide bonds. The lowest BCUT2D eigenvalue weighted by atomic mass is 9.89. The summed E-state index contributed by atoms with van der Waals surface area (Å²) in [4.78, 5) is 31.2. The van der Waals surface area contributed by atoms with Gasteiger partial charge in [0.05, 0.1) is 0 Å². The zero-order valence-electron chi connectivity index (χ0n) is 8.00. The molecule has 0 fully saturated rings. The molecule has 1 aliphatic rings. The molecular weight excluding hydrogens is 242 g/mol. The highest BCUT2D eigenvalue weighted by Crippen LogP contribution is 2.27. The van der Waals surface area contributed by atoms with Crippen molar-refractivity contribution in [3.05, 3.63) is 23.8 Å². The van der Waals surface area contributed by atoms with Crippen LogP contribution in [-0.4, -0.2) is 35.6 Å². The van der Waals surface area contributed by atoms with E-state index in [0.29, 0.717) is 0 Å². The van der Waals surface area contributed by atoms with Crippen LogP contribution in [0.3, 0.4) is 0 Å². The average Bonchev–Trinajstić information content (AvgIpc) is 2.30. The maximum absolute atomic E-state index is 12.2. The van der Waals surface area contributed by atoms with E-state index in [1.54, 1.807) is 0 Å². The van der Waals surface area contributed by atoms with Crippen molar-refractivity contribution in [2.75, 3.05) is 13.3 Å². The summed E-state index contributed by atoms with van der Waals surface area (Å²) in [5.74, 6) is -2.93. The molecule has 3 nitrogen and oxygen atoms in total. The third-order valence-electron chi connectivity index (χ3n) is 2.10. The van der Waals surface area contributed by atoms with Gasteiger partial charge in [0.15, 0.2) is 35.6 Å². The molecule has 1 rings (SSSR count). The van der Waals surface area contributed by atoms with Crippen LogP contribution in [0.25, 0.3) is 0 Å². The van der Waals surface area contributed by atoms with Gasteiger partial charge in [0.1, 0.15) is 0 Å². The van der Waals surface area contributed by atoms with Crippen molar-refractivity contribution >= 4 is 29.0 Å². The van der Waals surface area contributed by atoms with Gasteiger partial charge in [-0.05, 0) is 18.2 Å². The molecule has 1 atom stereocenters. The largest absolute Gasteiger partial charge is 0.294 e. The van der Waals surface area contributed by atoms with E-state index in [2.05, 4.69) is 0 Å². The van der Waals surface area contributed by atoms with Crippen molar-refractivity contribution in [1.82, 2.24) is 0 Å². The minimum absolute atomic E-state index is 0.209. The molecule has 0 heterocycles. The van der Waals surface area contributed by atoms with Crippen LogP contribution in [0.4, 0.5) is 8.78 Å². The van der Waals surface area contributed by atoms with Crippen LogP contribution in [0.1, 0.15) is 0 Å². The molecule has 6 heteroatoms. The second kappa shape index (κ2) is 4.65. The first-order valence-corrected chi connectivity index (χ1v) is 4.66. The van der Waals surface area contributed by atoms with Crippen molar-refractivity contribution in [1.29, 1.82) is 0 Å². The Bertz CT molecular complexity index is 414. The Balaban J connectivity index is 3.15. The molecule has 0 spiro atoms. The summed E-state index contributed by atoms with van der Waals surface area (Å²) >= 11 is 5.63. The molecule has 0 bridgehead atoms. The van der Waals surface area contributed by atoms with Gasteiger partial charge in [-0.3, -0.25) is 14.4 Å². The van der Waals surface area contributed by atoms with Gasteiger partial charge in [-0.25, -0.2) is 8.78 Å². The van der Waals surface area contributed by atoms with Crippen LogP contribution in [0.15, 0.2) is 23.8 Å². The topological polar surface area (TPSA) is 51.2 Å². The molecular formula is C10H7ClF2O3. The lowest BCUT2D eigenvalue weighted by Crippen LogP contribution is -2.41. The summed E-state index contributed by atoms with van der Waals surface area (Å²) in [5, 5.41) is 0. The average molecular weight is 249 g/mol. The molecule has 1 aliphatic carbocycles. The minimum atomic E-state index is -2.22. The third-order valence-corrected chi connectivity index (χ3v) is 2.60. The summed E-state index contributed by atoms with van der Waals surface area (Å²) in [6.45, 7) is -2.71. The Morgan fingerprint density at radius 2 is 1.88 bits per heavy atom. The van der Waals surface area contributed by atoms with Gasteiger partial charge in [-0.15, -0.1) is 0 Å². The van der Waals surface area contributed by atoms with Crippen molar-refractivity contribution in [3.63, 3.8) is 0 Å².